The first-order chi connectivity index (χ1) is 10.0. The fourth-order valence-corrected chi connectivity index (χ4v) is 2.55. The van der Waals surface area contributed by atoms with Gasteiger partial charge >= 0.3 is 12.0 Å². The second kappa shape index (κ2) is 9.59. The summed E-state index contributed by atoms with van der Waals surface area (Å²) in [5.41, 5.74) is 0.761. The molecule has 3 N–H and O–H groups in total. The van der Waals surface area contributed by atoms with Crippen LogP contribution >= 0.6 is 22.6 Å². The van der Waals surface area contributed by atoms with Crippen LogP contribution < -0.4 is 10.6 Å². The van der Waals surface area contributed by atoms with Gasteiger partial charge in [-0.2, -0.15) is 0 Å². The molecule has 0 radical (unpaired) electrons. The summed E-state index contributed by atoms with van der Waals surface area (Å²) in [6, 6.07) is 7.34. The highest BCUT2D eigenvalue weighted by Gasteiger charge is 2.09. The van der Waals surface area contributed by atoms with Crippen LogP contribution in [0.2, 0.25) is 0 Å². The number of halogens is 1. The molecule has 0 aliphatic heterocycles. The van der Waals surface area contributed by atoms with Gasteiger partial charge in [-0.15, -0.1) is 0 Å². The number of carbonyl (C=O) groups is 2. The van der Waals surface area contributed by atoms with Crippen LogP contribution in [-0.4, -0.2) is 23.7 Å². The molecule has 0 fully saturated rings. The molecule has 0 saturated heterocycles. The first-order valence-corrected chi connectivity index (χ1v) is 8.11. The molecule has 0 aromatic heterocycles. The predicted molar refractivity (Wildman–Crippen MR) is 91.4 cm³/mol. The second-order valence-electron chi connectivity index (χ2n) is 4.89. The van der Waals surface area contributed by atoms with Crippen LogP contribution in [0, 0.1) is 9.49 Å². The zero-order valence-corrected chi connectivity index (χ0v) is 14.2. The highest BCUT2D eigenvalue weighted by molar-refractivity contribution is 14.1. The van der Waals surface area contributed by atoms with Crippen LogP contribution in [-0.2, 0) is 4.79 Å². The predicted octanol–water partition coefficient (Wildman–Crippen LogP) is 3.69. The average molecular weight is 404 g/mol. The number of carboxylic acid groups (broad SMARTS) is 1. The summed E-state index contributed by atoms with van der Waals surface area (Å²) in [5, 5.41) is 14.3. The Kier molecular flexibility index (Phi) is 8.11. The maximum absolute atomic E-state index is 11.7. The van der Waals surface area contributed by atoms with E-state index in [9.17, 15) is 9.59 Å². The summed E-state index contributed by atoms with van der Waals surface area (Å²) < 4.78 is 1.06. The number of carboxylic acids is 1. The zero-order valence-electron chi connectivity index (χ0n) is 12.1. The van der Waals surface area contributed by atoms with Gasteiger partial charge in [0.2, 0.25) is 0 Å². The molecule has 0 aliphatic carbocycles. The van der Waals surface area contributed by atoms with E-state index in [1.807, 2.05) is 31.2 Å². The van der Waals surface area contributed by atoms with Crippen LogP contribution in [0.25, 0.3) is 0 Å². The van der Waals surface area contributed by atoms with Gasteiger partial charge in [-0.25, -0.2) is 4.79 Å². The fraction of sp³-hybridized carbons (Fsp3) is 0.467. The van der Waals surface area contributed by atoms with Crippen LogP contribution in [0.4, 0.5) is 10.5 Å². The molecular formula is C15H21IN2O3. The van der Waals surface area contributed by atoms with Crippen molar-refractivity contribution in [2.75, 3.05) is 11.9 Å². The van der Waals surface area contributed by atoms with E-state index in [1.165, 1.54) is 0 Å². The third-order valence-corrected chi connectivity index (χ3v) is 3.94. The number of amides is 2. The molecule has 0 spiro atoms. The molecule has 1 atom stereocenters. The van der Waals surface area contributed by atoms with Crippen molar-refractivity contribution < 1.29 is 14.7 Å². The van der Waals surface area contributed by atoms with Gasteiger partial charge < -0.3 is 15.7 Å². The van der Waals surface area contributed by atoms with Crippen LogP contribution in [0.1, 0.15) is 32.6 Å². The van der Waals surface area contributed by atoms with Crippen LogP contribution in [0.3, 0.4) is 0 Å². The number of rotatable bonds is 8. The molecule has 1 aromatic carbocycles. The molecule has 1 unspecified atom stereocenters. The van der Waals surface area contributed by atoms with Gasteiger partial charge in [0.05, 0.1) is 0 Å². The molecule has 6 heteroatoms. The van der Waals surface area contributed by atoms with E-state index >= 15 is 0 Å². The molecule has 0 heterocycles. The minimum absolute atomic E-state index is 0.188. The number of urea groups is 1. The summed E-state index contributed by atoms with van der Waals surface area (Å²) in [4.78, 5) is 22.3. The Labute approximate surface area is 138 Å². The monoisotopic (exact) mass is 404 g/mol. The average Bonchev–Trinajstić information content (AvgIpc) is 2.42. The number of carbonyl (C=O) groups excluding carboxylic acids is 1. The lowest BCUT2D eigenvalue weighted by Gasteiger charge is -2.14. The van der Waals surface area contributed by atoms with Crippen molar-refractivity contribution in [1.29, 1.82) is 0 Å². The largest absolute Gasteiger partial charge is 0.481 e. The van der Waals surface area contributed by atoms with E-state index in [0.29, 0.717) is 18.9 Å². The maximum Gasteiger partial charge on any atom is 0.319 e. The van der Waals surface area contributed by atoms with E-state index in [1.54, 1.807) is 0 Å². The molecule has 0 bridgehead atoms. The van der Waals surface area contributed by atoms with Crippen molar-refractivity contribution >= 4 is 40.3 Å². The Hall–Kier alpha value is -1.31. The van der Waals surface area contributed by atoms with Crippen molar-refractivity contribution in [3.05, 3.63) is 27.8 Å². The number of hydrogen-bond donors (Lipinski definition) is 3. The maximum atomic E-state index is 11.7. The number of aliphatic carboxylic acids is 1. The topological polar surface area (TPSA) is 78.4 Å². The quantitative estimate of drug-likeness (QED) is 0.579. The Balaban J connectivity index is 2.27. The Morgan fingerprint density at radius 2 is 2.10 bits per heavy atom. The molecule has 5 nitrogen and oxygen atoms in total. The highest BCUT2D eigenvalue weighted by atomic mass is 127. The summed E-state index contributed by atoms with van der Waals surface area (Å²) in [6.45, 7) is 2.59. The molecule has 0 saturated carbocycles. The van der Waals surface area contributed by atoms with Gasteiger partial charge in [-0.1, -0.05) is 19.4 Å². The van der Waals surface area contributed by atoms with Gasteiger partial charge in [0.1, 0.15) is 0 Å². The summed E-state index contributed by atoms with van der Waals surface area (Å²) in [6.07, 6.45) is 2.57. The van der Waals surface area contributed by atoms with Crippen molar-refractivity contribution in [1.82, 2.24) is 5.32 Å². The Morgan fingerprint density at radius 3 is 2.71 bits per heavy atom. The standard InChI is InChI=1S/C15H21IN2O3/c1-2-11(6-7-14(19)20)8-9-17-15(21)18-13-5-3-4-12(16)10-13/h3-5,10-11H,2,6-9H2,1H3,(H,19,20)(H2,17,18,21). The number of anilines is 1. The van der Waals surface area contributed by atoms with Crippen molar-refractivity contribution in [2.45, 2.75) is 32.6 Å². The molecule has 1 rings (SSSR count). The second-order valence-corrected chi connectivity index (χ2v) is 6.13. The molecule has 21 heavy (non-hydrogen) atoms. The molecule has 116 valence electrons. The van der Waals surface area contributed by atoms with Gasteiger partial charge in [0.15, 0.2) is 0 Å². The smallest absolute Gasteiger partial charge is 0.319 e. The fourth-order valence-electron chi connectivity index (χ4n) is 2.01. The van der Waals surface area contributed by atoms with E-state index in [4.69, 9.17) is 5.11 Å². The van der Waals surface area contributed by atoms with E-state index in [2.05, 4.69) is 33.2 Å². The Morgan fingerprint density at radius 1 is 1.33 bits per heavy atom. The van der Waals surface area contributed by atoms with Gasteiger partial charge in [0.25, 0.3) is 0 Å². The summed E-state index contributed by atoms with van der Waals surface area (Å²) in [7, 11) is 0. The molecule has 2 amide bonds. The van der Waals surface area contributed by atoms with Gasteiger partial charge in [-0.05, 0) is 59.5 Å². The summed E-state index contributed by atoms with van der Waals surface area (Å²) >= 11 is 2.19. The van der Waals surface area contributed by atoms with E-state index in [-0.39, 0.29) is 12.5 Å². The molecule has 1 aromatic rings. The van der Waals surface area contributed by atoms with Crippen molar-refractivity contribution in [3.8, 4) is 0 Å². The van der Waals surface area contributed by atoms with Crippen molar-refractivity contribution in [2.24, 2.45) is 5.92 Å². The van der Waals surface area contributed by atoms with Crippen molar-refractivity contribution in [3.63, 3.8) is 0 Å². The minimum atomic E-state index is -0.766. The SMILES string of the molecule is CCC(CCNC(=O)Nc1cccc(I)c1)CCC(=O)O. The zero-order chi connectivity index (χ0) is 15.7. The molecule has 0 aliphatic rings. The summed E-state index contributed by atoms with van der Waals surface area (Å²) in [5.74, 6) is -0.433. The third-order valence-electron chi connectivity index (χ3n) is 3.26. The Bertz CT molecular complexity index is 480. The molecular weight excluding hydrogens is 383 g/mol. The van der Waals surface area contributed by atoms with E-state index < -0.39 is 5.97 Å². The number of hydrogen-bond acceptors (Lipinski definition) is 2. The lowest BCUT2D eigenvalue weighted by molar-refractivity contribution is -0.137. The van der Waals surface area contributed by atoms with Gasteiger partial charge in [-0.3, -0.25) is 4.79 Å². The number of nitrogens with one attached hydrogen (secondary N) is 2. The lowest BCUT2D eigenvalue weighted by Crippen LogP contribution is -2.30. The highest BCUT2D eigenvalue weighted by Crippen LogP contribution is 2.15. The first-order valence-electron chi connectivity index (χ1n) is 7.03. The normalized spacial score (nSPS) is 11.7. The first kappa shape index (κ1) is 17.7. The van der Waals surface area contributed by atoms with Crippen LogP contribution in [0.5, 0.6) is 0 Å². The number of benzene rings is 1. The third kappa shape index (κ3) is 7.89. The minimum Gasteiger partial charge on any atom is -0.481 e. The van der Waals surface area contributed by atoms with Gasteiger partial charge in [0, 0.05) is 22.2 Å². The van der Waals surface area contributed by atoms with Crippen LogP contribution in [0.15, 0.2) is 24.3 Å². The lowest BCUT2D eigenvalue weighted by atomic mass is 9.97. The van der Waals surface area contributed by atoms with E-state index in [0.717, 1.165) is 22.1 Å².